The van der Waals surface area contributed by atoms with Gasteiger partial charge in [-0.15, -0.1) is 0 Å². The van der Waals surface area contributed by atoms with Gasteiger partial charge in [0, 0.05) is 0 Å². The fourth-order valence-electron chi connectivity index (χ4n) is 2.50. The van der Waals surface area contributed by atoms with E-state index in [1.807, 2.05) is 0 Å². The molecule has 0 N–H and O–H groups in total. The molecule has 0 atom stereocenters. The molecule has 0 saturated carbocycles. The van der Waals surface area contributed by atoms with Gasteiger partial charge in [0.15, 0.2) is 0 Å². The Morgan fingerprint density at radius 1 is 0.867 bits per heavy atom. The van der Waals surface area contributed by atoms with Gasteiger partial charge in [0.1, 0.15) is 7.85 Å². The molecule has 0 aromatic heterocycles. The van der Waals surface area contributed by atoms with Gasteiger partial charge in [-0.2, -0.15) is 0 Å². The maximum atomic E-state index is 2.47. The lowest BCUT2D eigenvalue weighted by Crippen LogP contribution is -2.31. The Morgan fingerprint density at radius 3 is 1.80 bits per heavy atom. The Morgan fingerprint density at radius 2 is 1.40 bits per heavy atom. The van der Waals surface area contributed by atoms with E-state index < -0.39 is 0 Å². The minimum atomic E-state index is 0.504. The van der Waals surface area contributed by atoms with Crippen LogP contribution in [0.25, 0.3) is 0 Å². The summed E-state index contributed by atoms with van der Waals surface area (Å²) in [6.07, 6.45) is 9.60. The molecule has 0 fully saturated rings. The number of rotatable bonds is 8. The van der Waals surface area contributed by atoms with Crippen molar-refractivity contribution < 1.29 is 0 Å². The van der Waals surface area contributed by atoms with Gasteiger partial charge in [-0.05, 0) is 11.8 Å². The Kier molecular flexibility index (Phi) is 6.63. The normalized spacial score (nSPS) is 13.1. The summed E-state index contributed by atoms with van der Waals surface area (Å²) < 4.78 is 0. The third kappa shape index (κ3) is 4.21. The van der Waals surface area contributed by atoms with Crippen molar-refractivity contribution in [1.82, 2.24) is 0 Å². The number of hydrogen-bond donors (Lipinski definition) is 0. The lowest BCUT2D eigenvalue weighted by molar-refractivity contribution is 0.195. The predicted molar refractivity (Wildman–Crippen MR) is 74.4 cm³/mol. The zero-order chi connectivity index (χ0) is 11.9. The lowest BCUT2D eigenvalue weighted by atomic mass is 9.50. The molecule has 90 valence electrons. The van der Waals surface area contributed by atoms with Crippen LogP contribution in [0.5, 0.6) is 0 Å². The molecule has 0 aromatic rings. The molecule has 0 aliphatic rings. The molecule has 0 bridgehead atoms. The minimum absolute atomic E-state index is 0.504. The van der Waals surface area contributed by atoms with Crippen LogP contribution in [-0.2, 0) is 0 Å². The second-order valence-corrected chi connectivity index (χ2v) is 5.96. The molecule has 15 heavy (non-hydrogen) atoms. The smallest absolute Gasteiger partial charge is 0.0655 e. The van der Waals surface area contributed by atoms with Crippen molar-refractivity contribution in [3.05, 3.63) is 0 Å². The van der Waals surface area contributed by atoms with Gasteiger partial charge >= 0.3 is 0 Å². The lowest BCUT2D eigenvalue weighted by Gasteiger charge is -2.44. The first-order valence-corrected chi connectivity index (χ1v) is 6.93. The van der Waals surface area contributed by atoms with E-state index in [1.54, 1.807) is 0 Å². The highest BCUT2D eigenvalue weighted by Gasteiger charge is 2.36. The van der Waals surface area contributed by atoms with E-state index in [-0.39, 0.29) is 0 Å². The summed E-state index contributed by atoms with van der Waals surface area (Å²) in [6.45, 7) is 11.9. The van der Waals surface area contributed by atoms with E-state index >= 15 is 0 Å². The van der Waals surface area contributed by atoms with Gasteiger partial charge in [0.05, 0.1) is 0 Å². The van der Waals surface area contributed by atoms with Crippen LogP contribution in [0.3, 0.4) is 0 Å². The van der Waals surface area contributed by atoms with Crippen molar-refractivity contribution in [2.75, 3.05) is 0 Å². The van der Waals surface area contributed by atoms with Crippen molar-refractivity contribution in [2.45, 2.75) is 84.9 Å². The summed E-state index contributed by atoms with van der Waals surface area (Å²) in [5.74, 6) is 0. The summed E-state index contributed by atoms with van der Waals surface area (Å²) in [5, 5.41) is 0.527. The minimum Gasteiger partial charge on any atom is -0.0655 e. The Balaban J connectivity index is 4.14. The first-order valence-electron chi connectivity index (χ1n) is 6.93. The van der Waals surface area contributed by atoms with Gasteiger partial charge < -0.3 is 0 Å². The van der Waals surface area contributed by atoms with Crippen LogP contribution in [0.2, 0.25) is 5.31 Å². The largest absolute Gasteiger partial charge is 0.110 e. The van der Waals surface area contributed by atoms with Crippen LogP contribution in [0.4, 0.5) is 0 Å². The Bertz CT molecular complexity index is 157. The Hall–Kier alpha value is 0.0649. The Labute approximate surface area is 98.6 Å². The molecule has 0 unspecified atom stereocenters. The van der Waals surface area contributed by atoms with E-state index in [4.69, 9.17) is 0 Å². The van der Waals surface area contributed by atoms with Crippen LogP contribution in [0, 0.1) is 5.41 Å². The van der Waals surface area contributed by atoms with Gasteiger partial charge in [-0.3, -0.25) is 0 Å². The van der Waals surface area contributed by atoms with Crippen LogP contribution >= 0.6 is 0 Å². The molecule has 0 heterocycles. The second kappa shape index (κ2) is 6.61. The molecule has 0 aliphatic heterocycles. The second-order valence-electron chi connectivity index (χ2n) is 5.96. The molecule has 0 saturated heterocycles. The van der Waals surface area contributed by atoms with Crippen molar-refractivity contribution in [1.29, 1.82) is 0 Å². The monoisotopic (exact) mass is 210 g/mol. The SMILES string of the molecule is BC(CC)(CC)C(C)(C)CCCCCC. The maximum absolute atomic E-state index is 2.47. The highest BCUT2D eigenvalue weighted by atomic mass is 14.4. The van der Waals surface area contributed by atoms with Crippen LogP contribution in [-0.4, -0.2) is 7.85 Å². The topological polar surface area (TPSA) is 0 Å². The van der Waals surface area contributed by atoms with Crippen LogP contribution in [0.1, 0.15) is 79.6 Å². The van der Waals surface area contributed by atoms with Crippen molar-refractivity contribution in [2.24, 2.45) is 5.41 Å². The zero-order valence-electron chi connectivity index (χ0n) is 11.9. The highest BCUT2D eigenvalue weighted by Crippen LogP contribution is 2.51. The van der Waals surface area contributed by atoms with Crippen LogP contribution < -0.4 is 0 Å². The highest BCUT2D eigenvalue weighted by molar-refractivity contribution is 6.15. The molecular formula is C14H31B. The van der Waals surface area contributed by atoms with E-state index in [1.165, 1.54) is 44.9 Å². The van der Waals surface area contributed by atoms with Crippen molar-refractivity contribution >= 4 is 7.85 Å². The van der Waals surface area contributed by atoms with Gasteiger partial charge in [-0.1, -0.05) is 78.5 Å². The molecule has 0 spiro atoms. The standard InChI is InChI=1S/C14H31B/c1-6-9-10-11-12-13(4,5)14(15,7-2)8-3/h6-12,15H2,1-5H3. The fourth-order valence-corrected chi connectivity index (χ4v) is 2.50. The molecule has 0 amide bonds. The zero-order valence-corrected chi connectivity index (χ0v) is 11.9. The van der Waals surface area contributed by atoms with Crippen molar-refractivity contribution in [3.63, 3.8) is 0 Å². The fraction of sp³-hybridized carbons (Fsp3) is 1.00. The summed E-state index contributed by atoms with van der Waals surface area (Å²) in [6, 6.07) is 0. The number of hydrogen-bond acceptors (Lipinski definition) is 0. The third-order valence-electron chi connectivity index (χ3n) is 4.85. The number of unbranched alkanes of at least 4 members (excludes halogenated alkanes) is 3. The molecule has 0 aromatic carbocycles. The van der Waals surface area contributed by atoms with Gasteiger partial charge in [0.2, 0.25) is 0 Å². The predicted octanol–water partition coefficient (Wildman–Crippen LogP) is 4.59. The third-order valence-corrected chi connectivity index (χ3v) is 4.85. The molecule has 0 nitrogen and oxygen atoms in total. The summed E-state index contributed by atoms with van der Waals surface area (Å²) in [5.41, 5.74) is 0.504. The first-order chi connectivity index (χ1) is 6.93. The van der Waals surface area contributed by atoms with E-state index in [0.717, 1.165) is 0 Å². The van der Waals surface area contributed by atoms with Gasteiger partial charge in [0.25, 0.3) is 0 Å². The molecule has 0 radical (unpaired) electrons. The van der Waals surface area contributed by atoms with E-state index in [9.17, 15) is 0 Å². The van der Waals surface area contributed by atoms with E-state index in [2.05, 4.69) is 42.5 Å². The maximum Gasteiger partial charge on any atom is 0.110 e. The summed E-state index contributed by atoms with van der Waals surface area (Å²) in [4.78, 5) is 0. The molecule has 0 rings (SSSR count). The molecule has 0 aliphatic carbocycles. The summed E-state index contributed by atoms with van der Waals surface area (Å²) in [7, 11) is 2.47. The molecular weight excluding hydrogens is 179 g/mol. The van der Waals surface area contributed by atoms with E-state index in [0.29, 0.717) is 10.7 Å². The molecule has 1 heteroatoms. The van der Waals surface area contributed by atoms with Crippen molar-refractivity contribution in [3.8, 4) is 0 Å². The van der Waals surface area contributed by atoms with Gasteiger partial charge in [-0.25, -0.2) is 0 Å². The average Bonchev–Trinajstić information content (AvgIpc) is 2.23. The summed E-state index contributed by atoms with van der Waals surface area (Å²) >= 11 is 0. The average molecular weight is 210 g/mol. The first kappa shape index (κ1) is 15.1. The quantitative estimate of drug-likeness (QED) is 0.406. The van der Waals surface area contributed by atoms with Crippen LogP contribution in [0.15, 0.2) is 0 Å².